The minimum Gasteiger partial charge on any atom is -0.478 e. The molecule has 0 saturated carbocycles. The number of nitrogens with two attached hydrogens (primary N) is 1. The Hall–Kier alpha value is -1.71. The Labute approximate surface area is 120 Å². The number of aromatic carboxylic acids is 1. The fourth-order valence-corrected chi connectivity index (χ4v) is 3.43. The standard InChI is InChI=1S/C16H24N2O2/c1-3-7-16(8-4-2)10-18(11-16)14-9-12(17)5-6-13(14)15(19)20/h5-6,9H,3-4,7-8,10-11,17H2,1-2H3,(H,19,20). The van der Waals surface area contributed by atoms with Gasteiger partial charge >= 0.3 is 5.97 Å². The number of carboxylic acid groups (broad SMARTS) is 1. The molecule has 1 aliphatic rings. The van der Waals surface area contributed by atoms with Gasteiger partial charge in [-0.2, -0.15) is 0 Å². The molecule has 3 N–H and O–H groups in total. The fourth-order valence-electron chi connectivity index (χ4n) is 3.43. The van der Waals surface area contributed by atoms with Gasteiger partial charge in [0.05, 0.1) is 11.3 Å². The summed E-state index contributed by atoms with van der Waals surface area (Å²) in [7, 11) is 0. The summed E-state index contributed by atoms with van der Waals surface area (Å²) in [6.07, 6.45) is 4.78. The average molecular weight is 276 g/mol. The van der Waals surface area contributed by atoms with E-state index in [1.807, 2.05) is 0 Å². The summed E-state index contributed by atoms with van der Waals surface area (Å²) < 4.78 is 0. The quantitative estimate of drug-likeness (QED) is 0.782. The maximum atomic E-state index is 11.3. The van der Waals surface area contributed by atoms with Crippen LogP contribution in [0.3, 0.4) is 0 Å². The maximum Gasteiger partial charge on any atom is 0.337 e. The third-order valence-corrected chi connectivity index (χ3v) is 4.21. The lowest BCUT2D eigenvalue weighted by atomic mass is 9.72. The van der Waals surface area contributed by atoms with Crippen molar-refractivity contribution >= 4 is 17.3 Å². The zero-order valence-electron chi connectivity index (χ0n) is 12.4. The molecule has 2 rings (SSSR count). The van der Waals surface area contributed by atoms with E-state index < -0.39 is 5.97 Å². The van der Waals surface area contributed by atoms with Crippen molar-refractivity contribution in [2.45, 2.75) is 39.5 Å². The Morgan fingerprint density at radius 1 is 1.30 bits per heavy atom. The van der Waals surface area contributed by atoms with Gasteiger partial charge in [0.15, 0.2) is 0 Å². The smallest absolute Gasteiger partial charge is 0.337 e. The van der Waals surface area contributed by atoms with Crippen molar-refractivity contribution in [2.75, 3.05) is 23.7 Å². The molecule has 1 saturated heterocycles. The molecule has 0 spiro atoms. The molecule has 0 radical (unpaired) electrons. The Morgan fingerprint density at radius 3 is 2.40 bits per heavy atom. The zero-order valence-corrected chi connectivity index (χ0v) is 12.4. The van der Waals surface area contributed by atoms with Gasteiger partial charge in [-0.15, -0.1) is 0 Å². The fraction of sp³-hybridized carbons (Fsp3) is 0.562. The van der Waals surface area contributed by atoms with Crippen LogP contribution < -0.4 is 10.6 Å². The molecule has 4 heteroatoms. The molecule has 1 fully saturated rings. The van der Waals surface area contributed by atoms with E-state index in [0.717, 1.165) is 18.8 Å². The normalized spacial score (nSPS) is 16.8. The second kappa shape index (κ2) is 5.73. The highest BCUT2D eigenvalue weighted by Crippen LogP contribution is 2.43. The number of hydrogen-bond acceptors (Lipinski definition) is 3. The highest BCUT2D eigenvalue weighted by molar-refractivity contribution is 5.95. The highest BCUT2D eigenvalue weighted by atomic mass is 16.4. The van der Waals surface area contributed by atoms with Crippen LogP contribution in [0.4, 0.5) is 11.4 Å². The van der Waals surface area contributed by atoms with Crippen LogP contribution in [0.25, 0.3) is 0 Å². The predicted octanol–water partition coefficient (Wildman–Crippen LogP) is 3.37. The molecule has 0 aliphatic carbocycles. The lowest BCUT2D eigenvalue weighted by Crippen LogP contribution is -2.56. The molecule has 0 bridgehead atoms. The molecule has 1 aliphatic heterocycles. The predicted molar refractivity (Wildman–Crippen MR) is 82.3 cm³/mol. The molecule has 4 nitrogen and oxygen atoms in total. The van der Waals surface area contributed by atoms with Crippen LogP contribution in [0.1, 0.15) is 49.9 Å². The Kier molecular flexibility index (Phi) is 4.21. The topological polar surface area (TPSA) is 66.6 Å². The van der Waals surface area contributed by atoms with Crippen molar-refractivity contribution in [3.8, 4) is 0 Å². The first-order valence-electron chi connectivity index (χ1n) is 7.39. The second-order valence-electron chi connectivity index (χ2n) is 5.94. The van der Waals surface area contributed by atoms with Crippen LogP contribution in [0.2, 0.25) is 0 Å². The number of nitrogen functional groups attached to an aromatic ring is 1. The van der Waals surface area contributed by atoms with E-state index in [2.05, 4.69) is 18.7 Å². The summed E-state index contributed by atoms with van der Waals surface area (Å²) in [5, 5.41) is 9.29. The molecule has 0 amide bonds. The lowest BCUT2D eigenvalue weighted by Gasteiger charge is -2.52. The van der Waals surface area contributed by atoms with E-state index in [1.54, 1.807) is 18.2 Å². The number of nitrogens with zero attached hydrogens (tertiary/aromatic N) is 1. The zero-order chi connectivity index (χ0) is 14.8. The SMILES string of the molecule is CCCC1(CCC)CN(c2cc(N)ccc2C(=O)O)C1. The van der Waals surface area contributed by atoms with Gasteiger partial charge in [-0.1, -0.05) is 26.7 Å². The highest BCUT2D eigenvalue weighted by Gasteiger charge is 2.42. The lowest BCUT2D eigenvalue weighted by molar-refractivity contribution is 0.0696. The van der Waals surface area contributed by atoms with E-state index in [1.165, 1.54) is 25.7 Å². The van der Waals surface area contributed by atoms with Crippen LogP contribution in [0.15, 0.2) is 18.2 Å². The third kappa shape index (κ3) is 2.74. The third-order valence-electron chi connectivity index (χ3n) is 4.21. The number of anilines is 2. The van der Waals surface area contributed by atoms with E-state index >= 15 is 0 Å². The molecule has 1 aromatic carbocycles. The molecule has 0 unspecified atom stereocenters. The van der Waals surface area contributed by atoms with E-state index in [-0.39, 0.29) is 0 Å². The molecule has 1 heterocycles. The van der Waals surface area contributed by atoms with Gasteiger partial charge < -0.3 is 15.7 Å². The van der Waals surface area contributed by atoms with Gasteiger partial charge in [0, 0.05) is 24.2 Å². The van der Waals surface area contributed by atoms with Crippen molar-refractivity contribution < 1.29 is 9.90 Å². The van der Waals surface area contributed by atoms with Crippen LogP contribution in [0.5, 0.6) is 0 Å². The van der Waals surface area contributed by atoms with Gasteiger partial charge in [0.25, 0.3) is 0 Å². The molecule has 1 aromatic rings. The number of rotatable bonds is 6. The van der Waals surface area contributed by atoms with Crippen molar-refractivity contribution in [1.29, 1.82) is 0 Å². The molecule has 110 valence electrons. The first-order chi connectivity index (χ1) is 9.51. The Morgan fingerprint density at radius 2 is 1.90 bits per heavy atom. The largest absolute Gasteiger partial charge is 0.478 e. The van der Waals surface area contributed by atoms with Crippen LogP contribution >= 0.6 is 0 Å². The first kappa shape index (κ1) is 14.7. The van der Waals surface area contributed by atoms with Crippen molar-refractivity contribution in [1.82, 2.24) is 0 Å². The minimum atomic E-state index is -0.886. The Balaban J connectivity index is 2.19. The van der Waals surface area contributed by atoms with Gasteiger partial charge in [-0.3, -0.25) is 0 Å². The van der Waals surface area contributed by atoms with Gasteiger partial charge in [-0.25, -0.2) is 4.79 Å². The van der Waals surface area contributed by atoms with E-state index in [9.17, 15) is 9.90 Å². The summed E-state index contributed by atoms with van der Waals surface area (Å²) in [6.45, 7) is 6.31. The van der Waals surface area contributed by atoms with E-state index in [0.29, 0.717) is 16.7 Å². The second-order valence-corrected chi connectivity index (χ2v) is 5.94. The van der Waals surface area contributed by atoms with Crippen LogP contribution in [-0.2, 0) is 0 Å². The summed E-state index contributed by atoms with van der Waals surface area (Å²) in [4.78, 5) is 13.5. The van der Waals surface area contributed by atoms with Crippen molar-refractivity contribution in [3.63, 3.8) is 0 Å². The van der Waals surface area contributed by atoms with E-state index in [4.69, 9.17) is 5.73 Å². The van der Waals surface area contributed by atoms with Gasteiger partial charge in [0.2, 0.25) is 0 Å². The number of benzene rings is 1. The molecular formula is C16H24N2O2. The van der Waals surface area contributed by atoms with Gasteiger partial charge in [-0.05, 0) is 31.0 Å². The molecule has 0 aromatic heterocycles. The summed E-state index contributed by atoms with van der Waals surface area (Å²) >= 11 is 0. The Bertz CT molecular complexity index is 485. The molecule has 20 heavy (non-hydrogen) atoms. The number of carboxylic acids is 1. The monoisotopic (exact) mass is 276 g/mol. The number of carbonyl (C=O) groups is 1. The molecular weight excluding hydrogens is 252 g/mol. The summed E-state index contributed by atoms with van der Waals surface area (Å²) in [6, 6.07) is 5.04. The van der Waals surface area contributed by atoms with Crippen LogP contribution in [-0.4, -0.2) is 24.2 Å². The average Bonchev–Trinajstić information content (AvgIpc) is 2.35. The summed E-state index contributed by atoms with van der Waals surface area (Å²) in [5.41, 5.74) is 7.91. The van der Waals surface area contributed by atoms with Gasteiger partial charge in [0.1, 0.15) is 0 Å². The van der Waals surface area contributed by atoms with Crippen LogP contribution in [0, 0.1) is 5.41 Å². The number of hydrogen-bond donors (Lipinski definition) is 2. The minimum absolute atomic E-state index is 0.348. The first-order valence-corrected chi connectivity index (χ1v) is 7.39. The molecule has 0 atom stereocenters. The maximum absolute atomic E-state index is 11.3. The van der Waals surface area contributed by atoms with Crippen molar-refractivity contribution in [3.05, 3.63) is 23.8 Å². The van der Waals surface area contributed by atoms with Crippen molar-refractivity contribution in [2.24, 2.45) is 5.41 Å². The summed E-state index contributed by atoms with van der Waals surface area (Å²) in [5.74, 6) is -0.886.